The molecule has 0 fully saturated rings. The van der Waals surface area contributed by atoms with Gasteiger partial charge < -0.3 is 10.1 Å². The van der Waals surface area contributed by atoms with E-state index in [0.29, 0.717) is 6.42 Å². The molecule has 1 aromatic heterocycles. The van der Waals surface area contributed by atoms with Gasteiger partial charge in [-0.15, -0.1) is 0 Å². The van der Waals surface area contributed by atoms with Crippen LogP contribution in [0.25, 0.3) is 0 Å². The Hall–Kier alpha value is -1.43. The molecule has 0 aliphatic heterocycles. The van der Waals surface area contributed by atoms with E-state index in [9.17, 15) is 4.79 Å². The first-order valence-electron chi connectivity index (χ1n) is 7.13. The van der Waals surface area contributed by atoms with Crippen LogP contribution in [0.4, 0.5) is 0 Å². The Bertz CT molecular complexity index is 458. The van der Waals surface area contributed by atoms with Crippen molar-refractivity contribution >= 4 is 5.97 Å². The first-order valence-corrected chi connectivity index (χ1v) is 7.13. The highest BCUT2D eigenvalue weighted by atomic mass is 16.5. The molecule has 2 unspecified atom stereocenters. The van der Waals surface area contributed by atoms with Gasteiger partial charge in [-0.2, -0.15) is 5.10 Å². The highest BCUT2D eigenvalue weighted by Crippen LogP contribution is 2.23. The Morgan fingerprint density at radius 1 is 1.45 bits per heavy atom. The summed E-state index contributed by atoms with van der Waals surface area (Å²) in [6.45, 7) is 7.99. The molecule has 0 radical (unpaired) electrons. The summed E-state index contributed by atoms with van der Waals surface area (Å²) in [5, 5.41) is 7.58. The number of nitrogens with zero attached hydrogens (tertiary/aromatic N) is 3. The first-order chi connectivity index (χ1) is 9.41. The molecule has 6 nitrogen and oxygen atoms in total. The third-order valence-corrected chi connectivity index (χ3v) is 3.69. The van der Waals surface area contributed by atoms with E-state index < -0.39 is 5.54 Å². The van der Waals surface area contributed by atoms with Crippen LogP contribution < -0.4 is 5.32 Å². The molecule has 1 aromatic rings. The second-order valence-corrected chi connectivity index (χ2v) is 5.22. The number of rotatable bonds is 7. The van der Waals surface area contributed by atoms with Gasteiger partial charge in [-0.1, -0.05) is 13.8 Å². The summed E-state index contributed by atoms with van der Waals surface area (Å²) < 4.78 is 6.81. The number of methoxy groups -OCH3 is 1. The second-order valence-electron chi connectivity index (χ2n) is 5.22. The summed E-state index contributed by atoms with van der Waals surface area (Å²) in [6, 6.07) is 0.0642. The molecule has 0 aliphatic carbocycles. The van der Waals surface area contributed by atoms with E-state index in [1.807, 2.05) is 25.5 Å². The summed E-state index contributed by atoms with van der Waals surface area (Å²) >= 11 is 0. The van der Waals surface area contributed by atoms with Gasteiger partial charge in [0.25, 0.3) is 0 Å². The Morgan fingerprint density at radius 2 is 2.10 bits per heavy atom. The smallest absolute Gasteiger partial charge is 0.325 e. The summed E-state index contributed by atoms with van der Waals surface area (Å²) in [5.41, 5.74) is -0.725. The second kappa shape index (κ2) is 6.83. The normalized spacial score (nSPS) is 15.7. The quantitative estimate of drug-likeness (QED) is 0.768. The van der Waals surface area contributed by atoms with Gasteiger partial charge in [-0.25, -0.2) is 9.67 Å². The molecule has 0 bridgehead atoms. The predicted octanol–water partition coefficient (Wildman–Crippen LogP) is 1.51. The lowest BCUT2D eigenvalue weighted by atomic mass is 9.94. The number of nitrogens with one attached hydrogen (secondary N) is 1. The maximum atomic E-state index is 11.9. The maximum Gasteiger partial charge on any atom is 0.325 e. The van der Waals surface area contributed by atoms with E-state index in [0.717, 1.165) is 24.5 Å². The zero-order valence-electron chi connectivity index (χ0n) is 13.4. The fraction of sp³-hybridized carbons (Fsp3) is 0.786. The zero-order valence-corrected chi connectivity index (χ0v) is 13.4. The number of likely N-dealkylation sites (N-methyl/N-ethyl adjacent to an activating group) is 1. The molecule has 0 aromatic carbocycles. The van der Waals surface area contributed by atoms with Crippen LogP contribution in [-0.4, -0.2) is 40.4 Å². The average molecular weight is 282 g/mol. The summed E-state index contributed by atoms with van der Waals surface area (Å²) in [6.07, 6.45) is 2.23. The number of carbonyl (C=O) groups is 1. The SMILES string of the molecule is CCc1nc(CC)n(C(C)CC(C)(NC)C(=O)OC)n1. The molecular weight excluding hydrogens is 256 g/mol. The van der Waals surface area contributed by atoms with Crippen molar-refractivity contribution in [2.75, 3.05) is 14.2 Å². The molecule has 1 rings (SSSR count). The van der Waals surface area contributed by atoms with Gasteiger partial charge >= 0.3 is 5.97 Å². The monoisotopic (exact) mass is 282 g/mol. The molecule has 114 valence electrons. The number of aryl methyl sites for hydroxylation is 2. The molecule has 0 saturated heterocycles. The van der Waals surface area contributed by atoms with Crippen LogP contribution in [-0.2, 0) is 22.4 Å². The lowest BCUT2D eigenvalue weighted by Gasteiger charge is -2.29. The average Bonchev–Trinajstić information content (AvgIpc) is 2.89. The van der Waals surface area contributed by atoms with Crippen LogP contribution in [0.5, 0.6) is 0 Å². The fourth-order valence-corrected chi connectivity index (χ4v) is 2.34. The number of carbonyl (C=O) groups excluding carboxylic acids is 1. The van der Waals surface area contributed by atoms with Crippen molar-refractivity contribution in [3.05, 3.63) is 11.6 Å². The lowest BCUT2D eigenvalue weighted by molar-refractivity contribution is -0.148. The van der Waals surface area contributed by atoms with Crippen molar-refractivity contribution < 1.29 is 9.53 Å². The maximum absolute atomic E-state index is 11.9. The molecule has 0 amide bonds. The van der Waals surface area contributed by atoms with Crippen LogP contribution in [0, 0.1) is 0 Å². The van der Waals surface area contributed by atoms with Gasteiger partial charge in [0, 0.05) is 12.8 Å². The van der Waals surface area contributed by atoms with Crippen molar-refractivity contribution in [3.63, 3.8) is 0 Å². The number of hydrogen-bond acceptors (Lipinski definition) is 5. The van der Waals surface area contributed by atoms with Crippen molar-refractivity contribution in [3.8, 4) is 0 Å². The highest BCUT2D eigenvalue weighted by Gasteiger charge is 2.35. The van der Waals surface area contributed by atoms with Gasteiger partial charge in [-0.05, 0) is 27.3 Å². The topological polar surface area (TPSA) is 69.0 Å². The molecule has 2 atom stereocenters. The molecule has 1 N–H and O–H groups in total. The molecule has 1 heterocycles. The van der Waals surface area contributed by atoms with Gasteiger partial charge in [0.05, 0.1) is 13.2 Å². The standard InChI is InChI=1S/C14H26N4O2/c1-7-11-16-12(8-2)18(17-11)10(3)9-14(4,15-5)13(19)20-6/h10,15H,7-9H2,1-6H3. The van der Waals surface area contributed by atoms with E-state index in [-0.39, 0.29) is 12.0 Å². The summed E-state index contributed by atoms with van der Waals surface area (Å²) in [4.78, 5) is 16.4. The van der Waals surface area contributed by atoms with Crippen LogP contribution in [0.2, 0.25) is 0 Å². The molecule has 0 spiro atoms. The van der Waals surface area contributed by atoms with Gasteiger partial charge in [0.2, 0.25) is 0 Å². The highest BCUT2D eigenvalue weighted by molar-refractivity contribution is 5.80. The Labute approximate surface area is 120 Å². The number of hydrogen-bond donors (Lipinski definition) is 1. The zero-order chi connectivity index (χ0) is 15.3. The fourth-order valence-electron chi connectivity index (χ4n) is 2.34. The van der Waals surface area contributed by atoms with E-state index >= 15 is 0 Å². The first kappa shape index (κ1) is 16.6. The molecule has 0 aliphatic rings. The third kappa shape index (κ3) is 3.36. The van der Waals surface area contributed by atoms with Gasteiger partial charge in [-0.3, -0.25) is 4.79 Å². The van der Waals surface area contributed by atoms with E-state index in [4.69, 9.17) is 4.74 Å². The van der Waals surface area contributed by atoms with Gasteiger partial charge in [0.15, 0.2) is 5.82 Å². The van der Waals surface area contributed by atoms with Crippen LogP contribution in [0.1, 0.15) is 51.8 Å². The Kier molecular flexibility index (Phi) is 5.68. The van der Waals surface area contributed by atoms with Crippen molar-refractivity contribution in [2.24, 2.45) is 0 Å². The molecular formula is C14H26N4O2. The largest absolute Gasteiger partial charge is 0.468 e. The lowest BCUT2D eigenvalue weighted by Crippen LogP contribution is -2.49. The minimum absolute atomic E-state index is 0.0642. The number of ether oxygens (including phenoxy) is 1. The Balaban J connectivity index is 2.97. The summed E-state index contributed by atoms with van der Waals surface area (Å²) in [7, 11) is 3.17. The minimum atomic E-state index is -0.725. The summed E-state index contributed by atoms with van der Waals surface area (Å²) in [5.74, 6) is 1.54. The van der Waals surface area contributed by atoms with Crippen LogP contribution >= 0.6 is 0 Å². The third-order valence-electron chi connectivity index (χ3n) is 3.69. The van der Waals surface area contributed by atoms with E-state index in [2.05, 4.69) is 22.3 Å². The Morgan fingerprint density at radius 3 is 2.55 bits per heavy atom. The van der Waals surface area contributed by atoms with E-state index in [1.165, 1.54) is 7.11 Å². The van der Waals surface area contributed by atoms with Crippen molar-refractivity contribution in [1.29, 1.82) is 0 Å². The van der Waals surface area contributed by atoms with Crippen LogP contribution in [0.15, 0.2) is 0 Å². The van der Waals surface area contributed by atoms with E-state index in [1.54, 1.807) is 7.05 Å². The molecule has 20 heavy (non-hydrogen) atoms. The van der Waals surface area contributed by atoms with Crippen LogP contribution in [0.3, 0.4) is 0 Å². The molecule has 0 saturated carbocycles. The number of aromatic nitrogens is 3. The van der Waals surface area contributed by atoms with Gasteiger partial charge in [0.1, 0.15) is 11.4 Å². The minimum Gasteiger partial charge on any atom is -0.468 e. The number of esters is 1. The van der Waals surface area contributed by atoms with Crippen molar-refractivity contribution in [1.82, 2.24) is 20.1 Å². The molecule has 6 heteroatoms. The predicted molar refractivity (Wildman–Crippen MR) is 77.6 cm³/mol. The van der Waals surface area contributed by atoms with Crippen molar-refractivity contribution in [2.45, 2.75) is 58.5 Å².